The zero-order chi connectivity index (χ0) is 8.81. The molecule has 0 amide bonds. The molecular weight excluding hydrogens is 144 g/mol. The highest BCUT2D eigenvalue weighted by molar-refractivity contribution is 5.34. The Kier molecular flexibility index (Phi) is 3.34. The summed E-state index contributed by atoms with van der Waals surface area (Å²) < 4.78 is 0. The van der Waals surface area contributed by atoms with Gasteiger partial charge in [0.15, 0.2) is 0 Å². The fraction of sp³-hybridized carbons (Fsp3) is 0. The smallest absolute Gasteiger partial charge is 0.0119 e. The second kappa shape index (κ2) is 4.55. The van der Waals surface area contributed by atoms with Gasteiger partial charge in [-0.05, 0) is 11.1 Å². The first-order chi connectivity index (χ1) is 5.86. The lowest BCUT2D eigenvalue weighted by atomic mass is 10.1. The summed E-state index contributed by atoms with van der Waals surface area (Å²) >= 11 is 0. The highest BCUT2D eigenvalue weighted by atomic mass is 14.0. The first kappa shape index (κ1) is 8.79. The predicted octanol–water partition coefficient (Wildman–Crippen LogP) is 3.16. The summed E-state index contributed by atoms with van der Waals surface area (Å²) in [7, 11) is 0. The standard InChI is InChI=1S/C12H12/c1-3-5-11-7-9-12(6-4-2)10-8-11/h3-10H,1-2H2. The topological polar surface area (TPSA) is 0 Å². The molecule has 0 N–H and O–H groups in total. The molecule has 0 aliphatic carbocycles. The quantitative estimate of drug-likeness (QED) is 0.628. The van der Waals surface area contributed by atoms with Crippen LogP contribution in [-0.2, 0) is 0 Å². The predicted molar refractivity (Wildman–Crippen MR) is 53.6 cm³/mol. The zero-order valence-electron chi connectivity index (χ0n) is 7.03. The lowest BCUT2D eigenvalue weighted by Crippen LogP contribution is -1.80. The first-order valence-electron chi connectivity index (χ1n) is 3.88. The molecule has 0 spiro atoms. The molecule has 60 valence electrons. The summed E-state index contributed by atoms with van der Waals surface area (Å²) in [5, 5.41) is 0. The third-order valence-corrected chi connectivity index (χ3v) is 1.56. The van der Waals surface area contributed by atoms with Crippen LogP contribution in [0.5, 0.6) is 0 Å². The molecule has 0 aliphatic heterocycles. The first-order valence-corrected chi connectivity index (χ1v) is 3.88. The number of rotatable bonds is 4. The van der Waals surface area contributed by atoms with Crippen molar-refractivity contribution < 1.29 is 0 Å². The van der Waals surface area contributed by atoms with Crippen molar-refractivity contribution in [3.63, 3.8) is 0 Å². The summed E-state index contributed by atoms with van der Waals surface area (Å²) in [6, 6.07) is 8.21. The van der Waals surface area contributed by atoms with Gasteiger partial charge in [-0.1, -0.05) is 36.4 Å². The van der Waals surface area contributed by atoms with E-state index in [4.69, 9.17) is 0 Å². The van der Waals surface area contributed by atoms with Crippen molar-refractivity contribution in [3.05, 3.63) is 73.5 Å². The van der Waals surface area contributed by atoms with Gasteiger partial charge >= 0.3 is 0 Å². The van der Waals surface area contributed by atoms with E-state index in [0.717, 1.165) is 0 Å². The molecule has 0 heteroatoms. The van der Waals surface area contributed by atoms with Gasteiger partial charge in [0, 0.05) is 12.8 Å². The second-order valence-electron chi connectivity index (χ2n) is 2.47. The Hall–Kier alpha value is -1.30. The van der Waals surface area contributed by atoms with Gasteiger partial charge in [0.1, 0.15) is 0 Å². The average Bonchev–Trinajstić information content (AvgIpc) is 2.09. The van der Waals surface area contributed by atoms with Crippen LogP contribution in [0.1, 0.15) is 11.1 Å². The molecule has 0 aliphatic rings. The van der Waals surface area contributed by atoms with Gasteiger partial charge in [0.05, 0.1) is 0 Å². The fourth-order valence-corrected chi connectivity index (χ4v) is 0.990. The van der Waals surface area contributed by atoms with E-state index < -0.39 is 0 Å². The molecule has 0 atom stereocenters. The van der Waals surface area contributed by atoms with Crippen molar-refractivity contribution in [2.24, 2.45) is 0 Å². The molecule has 0 bridgehead atoms. The lowest BCUT2D eigenvalue weighted by Gasteiger charge is -1.98. The molecule has 0 fully saturated rings. The van der Waals surface area contributed by atoms with Crippen LogP contribution in [0.3, 0.4) is 0 Å². The molecule has 0 nitrogen and oxygen atoms in total. The van der Waals surface area contributed by atoms with Crippen molar-refractivity contribution in [1.82, 2.24) is 0 Å². The maximum absolute atomic E-state index is 3.64. The third-order valence-electron chi connectivity index (χ3n) is 1.56. The Bertz CT molecular complexity index is 225. The van der Waals surface area contributed by atoms with Crippen molar-refractivity contribution in [3.8, 4) is 0 Å². The van der Waals surface area contributed by atoms with Gasteiger partial charge in [0.2, 0.25) is 0 Å². The van der Waals surface area contributed by atoms with Crippen LogP contribution < -0.4 is 0 Å². The van der Waals surface area contributed by atoms with Crippen LogP contribution in [0.15, 0.2) is 49.6 Å². The van der Waals surface area contributed by atoms with Gasteiger partial charge in [-0.2, -0.15) is 0 Å². The van der Waals surface area contributed by atoms with E-state index in [0.29, 0.717) is 0 Å². The Balaban J connectivity index is 2.70. The van der Waals surface area contributed by atoms with Gasteiger partial charge < -0.3 is 0 Å². The van der Waals surface area contributed by atoms with Crippen LogP contribution >= 0.6 is 0 Å². The molecule has 0 saturated heterocycles. The Morgan fingerprint density at radius 2 is 1.08 bits per heavy atom. The SMILES string of the molecule is C=C[CH]c1ccc([CH]C=C)cc1. The second-order valence-corrected chi connectivity index (χ2v) is 2.47. The van der Waals surface area contributed by atoms with E-state index in [9.17, 15) is 0 Å². The van der Waals surface area contributed by atoms with Crippen LogP contribution in [0.4, 0.5) is 0 Å². The molecule has 0 unspecified atom stereocenters. The molecule has 0 aromatic heterocycles. The van der Waals surface area contributed by atoms with Crippen molar-refractivity contribution in [1.29, 1.82) is 0 Å². The van der Waals surface area contributed by atoms with Crippen LogP contribution in [-0.4, -0.2) is 0 Å². The normalized spacial score (nSPS) is 9.33. The van der Waals surface area contributed by atoms with Crippen molar-refractivity contribution in [2.45, 2.75) is 0 Å². The lowest BCUT2D eigenvalue weighted by molar-refractivity contribution is 1.46. The Morgan fingerprint density at radius 3 is 1.33 bits per heavy atom. The van der Waals surface area contributed by atoms with E-state index in [1.807, 2.05) is 12.8 Å². The van der Waals surface area contributed by atoms with E-state index >= 15 is 0 Å². The summed E-state index contributed by atoms with van der Waals surface area (Å²) in [5.41, 5.74) is 2.34. The minimum atomic E-state index is 1.17. The fourth-order valence-electron chi connectivity index (χ4n) is 0.990. The molecule has 1 rings (SSSR count). The molecule has 1 aromatic rings. The maximum Gasteiger partial charge on any atom is 0.0119 e. The Morgan fingerprint density at radius 1 is 0.750 bits per heavy atom. The van der Waals surface area contributed by atoms with Gasteiger partial charge in [-0.3, -0.25) is 0 Å². The molecule has 12 heavy (non-hydrogen) atoms. The average molecular weight is 156 g/mol. The van der Waals surface area contributed by atoms with Crippen LogP contribution in [0.25, 0.3) is 0 Å². The van der Waals surface area contributed by atoms with Crippen molar-refractivity contribution in [2.75, 3.05) is 0 Å². The number of hydrogen-bond acceptors (Lipinski definition) is 0. The summed E-state index contributed by atoms with van der Waals surface area (Å²) in [6.45, 7) is 7.27. The van der Waals surface area contributed by atoms with Gasteiger partial charge in [-0.15, -0.1) is 13.2 Å². The van der Waals surface area contributed by atoms with Crippen LogP contribution in [0, 0.1) is 12.8 Å². The summed E-state index contributed by atoms with van der Waals surface area (Å²) in [6.07, 6.45) is 7.51. The van der Waals surface area contributed by atoms with E-state index in [1.54, 1.807) is 12.2 Å². The monoisotopic (exact) mass is 156 g/mol. The molecule has 1 aromatic carbocycles. The minimum absolute atomic E-state index is 1.17. The summed E-state index contributed by atoms with van der Waals surface area (Å²) in [5.74, 6) is 0. The van der Waals surface area contributed by atoms with Crippen LogP contribution in [0.2, 0.25) is 0 Å². The van der Waals surface area contributed by atoms with E-state index in [-0.39, 0.29) is 0 Å². The number of allylic oxidation sites excluding steroid dienone is 2. The van der Waals surface area contributed by atoms with Crippen molar-refractivity contribution >= 4 is 0 Å². The molecule has 0 heterocycles. The maximum atomic E-state index is 3.64. The number of benzene rings is 1. The van der Waals surface area contributed by atoms with E-state index in [1.165, 1.54) is 11.1 Å². The number of hydrogen-bond donors (Lipinski definition) is 0. The largest absolute Gasteiger partial charge is 0.102 e. The zero-order valence-corrected chi connectivity index (χ0v) is 7.03. The third kappa shape index (κ3) is 2.39. The minimum Gasteiger partial charge on any atom is -0.102 e. The van der Waals surface area contributed by atoms with E-state index in [2.05, 4.69) is 37.4 Å². The molecule has 2 radical (unpaired) electrons. The summed E-state index contributed by atoms with van der Waals surface area (Å²) in [4.78, 5) is 0. The Labute approximate surface area is 74.2 Å². The van der Waals surface area contributed by atoms with Gasteiger partial charge in [-0.25, -0.2) is 0 Å². The van der Waals surface area contributed by atoms with Gasteiger partial charge in [0.25, 0.3) is 0 Å². The molecule has 0 saturated carbocycles. The molecular formula is C12H12. The highest BCUT2D eigenvalue weighted by Gasteiger charge is 1.90. The highest BCUT2D eigenvalue weighted by Crippen LogP contribution is 2.08.